The van der Waals surface area contributed by atoms with Gasteiger partial charge in [0.15, 0.2) is 0 Å². The van der Waals surface area contributed by atoms with Gasteiger partial charge in [0.05, 0.1) is 6.54 Å². The van der Waals surface area contributed by atoms with Gasteiger partial charge in [-0.25, -0.2) is 4.79 Å². The molecule has 17 heavy (non-hydrogen) atoms. The van der Waals surface area contributed by atoms with Crippen LogP contribution in [0.4, 0.5) is 4.79 Å². The van der Waals surface area contributed by atoms with E-state index in [1.165, 1.54) is 0 Å². The molecule has 0 aliphatic heterocycles. The maximum absolute atomic E-state index is 11.6. The number of nitrogens with zero attached hydrogens (tertiary/aromatic N) is 1. The van der Waals surface area contributed by atoms with E-state index in [1.807, 2.05) is 11.9 Å². The molecule has 0 saturated heterocycles. The Bertz CT molecular complexity index is 271. The molecular weight excluding hydrogens is 218 g/mol. The van der Waals surface area contributed by atoms with Crippen LogP contribution in [-0.2, 0) is 4.79 Å². The second-order valence-corrected chi connectivity index (χ2v) is 5.36. The lowest BCUT2D eigenvalue weighted by atomic mass is 9.87. The second-order valence-electron chi connectivity index (χ2n) is 5.36. The van der Waals surface area contributed by atoms with Gasteiger partial charge in [-0.3, -0.25) is 15.0 Å². The van der Waals surface area contributed by atoms with E-state index >= 15 is 0 Å². The standard InChI is InChI=1S/C12H25N3O2/c1-7-13-11(17)14-10(16)8-15(6)9(2)12(3,4)5/h9H,7-8H2,1-6H3,(H2,13,14,16,17)/t9-/m0/s1. The number of hydrogen-bond donors (Lipinski definition) is 2. The predicted octanol–water partition coefficient (Wildman–Crippen LogP) is 1.20. The fraction of sp³-hybridized carbons (Fsp3) is 0.833. The Morgan fingerprint density at radius 1 is 1.29 bits per heavy atom. The summed E-state index contributed by atoms with van der Waals surface area (Å²) in [6.45, 7) is 11.0. The number of rotatable bonds is 4. The van der Waals surface area contributed by atoms with Crippen LogP contribution in [0, 0.1) is 5.41 Å². The molecule has 2 N–H and O–H groups in total. The van der Waals surface area contributed by atoms with Crippen LogP contribution >= 0.6 is 0 Å². The third-order valence-electron chi connectivity index (χ3n) is 2.90. The van der Waals surface area contributed by atoms with Crippen LogP contribution in [-0.4, -0.2) is 43.0 Å². The van der Waals surface area contributed by atoms with Crippen molar-refractivity contribution in [1.82, 2.24) is 15.5 Å². The molecule has 0 rings (SSSR count). The number of nitrogens with one attached hydrogen (secondary N) is 2. The molecule has 0 fully saturated rings. The number of carbonyl (C=O) groups excluding carboxylic acids is 2. The van der Waals surface area contributed by atoms with Crippen molar-refractivity contribution in [1.29, 1.82) is 0 Å². The molecule has 5 nitrogen and oxygen atoms in total. The molecular formula is C12H25N3O2. The first-order valence-corrected chi connectivity index (χ1v) is 5.96. The Balaban J connectivity index is 4.17. The summed E-state index contributed by atoms with van der Waals surface area (Å²) in [7, 11) is 1.88. The normalized spacial score (nSPS) is 13.4. The summed E-state index contributed by atoms with van der Waals surface area (Å²) in [5, 5.41) is 4.81. The van der Waals surface area contributed by atoms with Crippen molar-refractivity contribution in [2.24, 2.45) is 5.41 Å². The van der Waals surface area contributed by atoms with Crippen LogP contribution in [0.3, 0.4) is 0 Å². The zero-order chi connectivity index (χ0) is 13.6. The number of amides is 3. The lowest BCUT2D eigenvalue weighted by molar-refractivity contribution is -0.121. The van der Waals surface area contributed by atoms with Crippen LogP contribution in [0.15, 0.2) is 0 Å². The van der Waals surface area contributed by atoms with Gasteiger partial charge >= 0.3 is 6.03 Å². The Labute approximate surface area is 104 Å². The van der Waals surface area contributed by atoms with Crippen LogP contribution in [0.2, 0.25) is 0 Å². The van der Waals surface area contributed by atoms with Gasteiger partial charge in [0.2, 0.25) is 5.91 Å². The minimum atomic E-state index is -0.436. The second kappa shape index (κ2) is 6.59. The highest BCUT2D eigenvalue weighted by atomic mass is 16.2. The smallest absolute Gasteiger partial charge is 0.321 e. The fourth-order valence-electron chi connectivity index (χ4n) is 1.40. The predicted molar refractivity (Wildman–Crippen MR) is 68.8 cm³/mol. The summed E-state index contributed by atoms with van der Waals surface area (Å²) in [6.07, 6.45) is 0. The molecule has 0 aliphatic rings. The molecule has 0 unspecified atom stereocenters. The number of urea groups is 1. The van der Waals surface area contributed by atoms with Gasteiger partial charge in [0.25, 0.3) is 0 Å². The number of hydrogen-bond acceptors (Lipinski definition) is 3. The number of likely N-dealkylation sites (N-methyl/N-ethyl adjacent to an activating group) is 1. The van der Waals surface area contributed by atoms with Gasteiger partial charge in [-0.2, -0.15) is 0 Å². The van der Waals surface area contributed by atoms with Crippen molar-refractivity contribution >= 4 is 11.9 Å². The van der Waals surface area contributed by atoms with Gasteiger partial charge in [-0.05, 0) is 26.3 Å². The largest absolute Gasteiger partial charge is 0.338 e. The third kappa shape index (κ3) is 6.26. The maximum Gasteiger partial charge on any atom is 0.321 e. The van der Waals surface area contributed by atoms with Crippen LogP contribution in [0.5, 0.6) is 0 Å². The molecule has 0 saturated carbocycles. The Morgan fingerprint density at radius 2 is 1.82 bits per heavy atom. The average Bonchev–Trinajstić information content (AvgIpc) is 2.14. The van der Waals surface area contributed by atoms with E-state index in [1.54, 1.807) is 6.92 Å². The number of carbonyl (C=O) groups is 2. The summed E-state index contributed by atoms with van der Waals surface area (Å²) in [5.74, 6) is -0.283. The molecule has 0 aliphatic carbocycles. The van der Waals surface area contributed by atoms with Crippen molar-refractivity contribution in [2.75, 3.05) is 20.1 Å². The molecule has 5 heteroatoms. The molecule has 3 amide bonds. The fourth-order valence-corrected chi connectivity index (χ4v) is 1.40. The quantitative estimate of drug-likeness (QED) is 0.780. The third-order valence-corrected chi connectivity index (χ3v) is 2.90. The average molecular weight is 243 g/mol. The zero-order valence-electron chi connectivity index (χ0n) is 11.8. The lowest BCUT2D eigenvalue weighted by Crippen LogP contribution is -2.47. The van der Waals surface area contributed by atoms with Crippen LogP contribution in [0.25, 0.3) is 0 Å². The molecule has 0 bridgehead atoms. The molecule has 0 aromatic heterocycles. The Kier molecular flexibility index (Phi) is 6.16. The topological polar surface area (TPSA) is 61.4 Å². The molecule has 0 aromatic rings. The van der Waals surface area contributed by atoms with Crippen molar-refractivity contribution in [2.45, 2.75) is 40.7 Å². The molecule has 0 aromatic carbocycles. The molecule has 100 valence electrons. The summed E-state index contributed by atoms with van der Waals surface area (Å²) in [5.41, 5.74) is 0.0979. The van der Waals surface area contributed by atoms with Gasteiger partial charge < -0.3 is 5.32 Å². The van der Waals surface area contributed by atoms with E-state index in [9.17, 15) is 9.59 Å². The molecule has 0 heterocycles. The van der Waals surface area contributed by atoms with Crippen molar-refractivity contribution in [3.63, 3.8) is 0 Å². The van der Waals surface area contributed by atoms with E-state index in [0.717, 1.165) is 0 Å². The zero-order valence-corrected chi connectivity index (χ0v) is 11.8. The maximum atomic E-state index is 11.6. The van der Waals surface area contributed by atoms with Gasteiger partial charge in [0.1, 0.15) is 0 Å². The highest BCUT2D eigenvalue weighted by molar-refractivity contribution is 5.95. The monoisotopic (exact) mass is 243 g/mol. The van der Waals surface area contributed by atoms with Crippen molar-refractivity contribution in [3.8, 4) is 0 Å². The van der Waals surface area contributed by atoms with E-state index < -0.39 is 6.03 Å². The highest BCUT2D eigenvalue weighted by Crippen LogP contribution is 2.22. The minimum absolute atomic E-state index is 0.0979. The van der Waals surface area contributed by atoms with Gasteiger partial charge in [-0.15, -0.1) is 0 Å². The Hall–Kier alpha value is -1.10. The first-order valence-electron chi connectivity index (χ1n) is 5.96. The van der Waals surface area contributed by atoms with Crippen LogP contribution < -0.4 is 10.6 Å². The molecule has 0 spiro atoms. The number of imide groups is 1. The first kappa shape index (κ1) is 15.9. The molecule has 0 radical (unpaired) electrons. The Morgan fingerprint density at radius 3 is 2.24 bits per heavy atom. The van der Waals surface area contributed by atoms with E-state index in [-0.39, 0.29) is 23.9 Å². The van der Waals surface area contributed by atoms with E-state index in [0.29, 0.717) is 6.54 Å². The van der Waals surface area contributed by atoms with E-state index in [2.05, 4.69) is 38.3 Å². The minimum Gasteiger partial charge on any atom is -0.338 e. The molecule has 1 atom stereocenters. The lowest BCUT2D eigenvalue weighted by Gasteiger charge is -2.34. The summed E-state index contributed by atoms with van der Waals surface area (Å²) < 4.78 is 0. The van der Waals surface area contributed by atoms with E-state index in [4.69, 9.17) is 0 Å². The van der Waals surface area contributed by atoms with Crippen LogP contribution in [0.1, 0.15) is 34.6 Å². The summed E-state index contributed by atoms with van der Waals surface area (Å²) in [4.78, 5) is 24.6. The first-order chi connectivity index (χ1) is 7.68. The van der Waals surface area contributed by atoms with Gasteiger partial charge in [0, 0.05) is 12.6 Å². The highest BCUT2D eigenvalue weighted by Gasteiger charge is 2.25. The van der Waals surface area contributed by atoms with Crippen molar-refractivity contribution in [3.05, 3.63) is 0 Å². The summed E-state index contributed by atoms with van der Waals surface area (Å²) in [6, 6.07) is -0.184. The SMILES string of the molecule is CCNC(=O)NC(=O)CN(C)[C@@H](C)C(C)(C)C. The van der Waals surface area contributed by atoms with Gasteiger partial charge in [-0.1, -0.05) is 20.8 Å². The van der Waals surface area contributed by atoms with Crippen molar-refractivity contribution < 1.29 is 9.59 Å². The summed E-state index contributed by atoms with van der Waals surface area (Å²) >= 11 is 0.